The minimum atomic E-state index is -1.52. The second kappa shape index (κ2) is 13.5. The van der Waals surface area contributed by atoms with Gasteiger partial charge in [0.25, 0.3) is 0 Å². The van der Waals surface area contributed by atoms with Crippen molar-refractivity contribution in [3.8, 4) is 5.88 Å². The zero-order valence-electron chi connectivity index (χ0n) is 25.1. The van der Waals surface area contributed by atoms with E-state index in [2.05, 4.69) is 71.5 Å². The van der Waals surface area contributed by atoms with Crippen molar-refractivity contribution in [3.63, 3.8) is 0 Å². The fourth-order valence-corrected chi connectivity index (χ4v) is 6.54. The number of ether oxygens (including phenoxy) is 2. The number of piperidine rings is 1. The van der Waals surface area contributed by atoms with Crippen LogP contribution < -0.4 is 10.1 Å². The predicted molar refractivity (Wildman–Crippen MR) is 160 cm³/mol. The number of nitrogens with one attached hydrogen (secondary N) is 2. The molecule has 5 unspecified atom stereocenters. The Hall–Kier alpha value is -2.31. The number of aryl methyl sites for hydroxylation is 1. The lowest BCUT2D eigenvalue weighted by Gasteiger charge is -2.39. The number of aromatic amines is 1. The van der Waals surface area contributed by atoms with Gasteiger partial charge in [0, 0.05) is 30.8 Å². The summed E-state index contributed by atoms with van der Waals surface area (Å²) in [4.78, 5) is 2.60. The van der Waals surface area contributed by atoms with Crippen LogP contribution in [0.2, 0.25) is 0 Å². The second-order valence-electron chi connectivity index (χ2n) is 12.7. The second-order valence-corrected chi connectivity index (χ2v) is 12.7. The van der Waals surface area contributed by atoms with Crippen molar-refractivity contribution in [3.05, 3.63) is 52.2 Å². The molecule has 1 aromatic heterocycles. The van der Waals surface area contributed by atoms with Gasteiger partial charge in [0.2, 0.25) is 12.2 Å². The van der Waals surface area contributed by atoms with Crippen LogP contribution >= 0.6 is 0 Å². The van der Waals surface area contributed by atoms with E-state index >= 15 is 0 Å². The maximum absolute atomic E-state index is 10.5. The maximum atomic E-state index is 10.5. The summed E-state index contributed by atoms with van der Waals surface area (Å²) in [7, 11) is 0. The number of aliphatic hydroxyl groups is 4. The molecule has 4 heterocycles. The van der Waals surface area contributed by atoms with Crippen molar-refractivity contribution < 1.29 is 29.9 Å². The average molecular weight is 585 g/mol. The normalized spacial score (nSPS) is 28.3. The van der Waals surface area contributed by atoms with Crippen molar-refractivity contribution in [1.29, 1.82) is 0 Å². The molecular formula is C32H48N4O6. The minimum Gasteiger partial charge on any atom is -0.443 e. The van der Waals surface area contributed by atoms with Crippen LogP contribution in [0, 0.1) is 12.3 Å². The number of benzene rings is 1. The summed E-state index contributed by atoms with van der Waals surface area (Å²) in [6, 6.07) is 6.45. The Morgan fingerprint density at radius 1 is 1.14 bits per heavy atom. The number of aliphatic hydroxyl groups excluding tert-OH is 4. The van der Waals surface area contributed by atoms with Crippen molar-refractivity contribution >= 4 is 6.08 Å². The fourth-order valence-electron chi connectivity index (χ4n) is 6.54. The Balaban J connectivity index is 1.20. The zero-order valence-corrected chi connectivity index (χ0v) is 25.1. The number of nitrogens with zero attached hydrogens (tertiary/aromatic N) is 2. The highest BCUT2D eigenvalue weighted by atomic mass is 16.7. The third kappa shape index (κ3) is 6.91. The molecule has 6 N–H and O–H groups in total. The molecule has 0 radical (unpaired) electrons. The van der Waals surface area contributed by atoms with E-state index in [0.717, 1.165) is 35.3 Å². The van der Waals surface area contributed by atoms with Gasteiger partial charge in [-0.05, 0) is 80.3 Å². The average Bonchev–Trinajstić information content (AvgIpc) is 3.61. The van der Waals surface area contributed by atoms with Crippen LogP contribution in [-0.2, 0) is 11.2 Å². The summed E-state index contributed by atoms with van der Waals surface area (Å²) in [6.07, 6.45) is 3.23. The van der Waals surface area contributed by atoms with Gasteiger partial charge in [-0.25, -0.2) is 0 Å². The predicted octanol–water partition coefficient (Wildman–Crippen LogP) is 2.09. The van der Waals surface area contributed by atoms with Crippen LogP contribution in [0.25, 0.3) is 6.08 Å². The van der Waals surface area contributed by atoms with Crippen molar-refractivity contribution in [2.24, 2.45) is 5.41 Å². The van der Waals surface area contributed by atoms with Gasteiger partial charge in [-0.3, -0.25) is 5.10 Å². The molecule has 3 saturated heterocycles. The summed E-state index contributed by atoms with van der Waals surface area (Å²) in [6.45, 7) is 11.6. The molecule has 3 aliphatic heterocycles. The molecule has 0 amide bonds. The summed E-state index contributed by atoms with van der Waals surface area (Å²) >= 11 is 0. The van der Waals surface area contributed by atoms with E-state index in [1.54, 1.807) is 0 Å². The number of H-pyrrole nitrogens is 1. The Morgan fingerprint density at radius 2 is 1.93 bits per heavy atom. The van der Waals surface area contributed by atoms with Gasteiger partial charge in [0.1, 0.15) is 24.4 Å². The topological polar surface area (TPSA) is 143 Å². The highest BCUT2D eigenvalue weighted by Crippen LogP contribution is 2.37. The van der Waals surface area contributed by atoms with Crippen LogP contribution in [0.5, 0.6) is 5.88 Å². The van der Waals surface area contributed by atoms with E-state index < -0.39 is 37.3 Å². The van der Waals surface area contributed by atoms with E-state index in [1.165, 1.54) is 51.0 Å². The SMILES string of the molecule is Cc1cc(C=CCCN2CCC3(CCNC3)CC2)ccc1Cc1c(OC2OC(CO)C(O)C(O)C2O)n[nH]c1C(C)C. The van der Waals surface area contributed by atoms with Crippen LogP contribution in [0.1, 0.15) is 73.4 Å². The summed E-state index contributed by atoms with van der Waals surface area (Å²) in [5, 5.41) is 51.2. The highest BCUT2D eigenvalue weighted by molar-refractivity contribution is 5.52. The fraction of sp³-hybridized carbons (Fsp3) is 0.656. The Labute approximate surface area is 248 Å². The summed E-state index contributed by atoms with van der Waals surface area (Å²) in [5.74, 6) is 0.404. The Kier molecular flexibility index (Phi) is 10.0. The molecule has 1 aromatic carbocycles. The van der Waals surface area contributed by atoms with Crippen LogP contribution in [-0.4, -0.2) is 106 Å². The molecule has 2 aromatic rings. The molecule has 3 aliphatic rings. The van der Waals surface area contributed by atoms with E-state index in [0.29, 0.717) is 11.8 Å². The highest BCUT2D eigenvalue weighted by Gasteiger charge is 2.45. The molecular weight excluding hydrogens is 536 g/mol. The van der Waals surface area contributed by atoms with E-state index in [9.17, 15) is 20.4 Å². The van der Waals surface area contributed by atoms with Crippen molar-refractivity contribution in [1.82, 2.24) is 20.4 Å². The molecule has 0 bridgehead atoms. The summed E-state index contributed by atoms with van der Waals surface area (Å²) in [5.41, 5.74) is 5.75. The lowest BCUT2D eigenvalue weighted by Crippen LogP contribution is -2.60. The van der Waals surface area contributed by atoms with E-state index in [1.807, 2.05) is 0 Å². The van der Waals surface area contributed by atoms with Gasteiger partial charge < -0.3 is 40.1 Å². The smallest absolute Gasteiger partial charge is 0.238 e. The molecule has 1 spiro atoms. The molecule has 5 atom stereocenters. The third-order valence-electron chi connectivity index (χ3n) is 9.42. The molecule has 5 rings (SSSR count). The molecule has 42 heavy (non-hydrogen) atoms. The molecule has 0 saturated carbocycles. The minimum absolute atomic E-state index is 0.141. The van der Waals surface area contributed by atoms with Crippen molar-refractivity contribution in [2.75, 3.05) is 39.3 Å². The molecule has 232 valence electrons. The first-order valence-electron chi connectivity index (χ1n) is 15.4. The van der Waals surface area contributed by atoms with E-state index in [4.69, 9.17) is 9.47 Å². The van der Waals surface area contributed by atoms with Gasteiger partial charge in [0.15, 0.2) is 0 Å². The van der Waals surface area contributed by atoms with Gasteiger partial charge in [-0.15, -0.1) is 5.10 Å². The van der Waals surface area contributed by atoms with Gasteiger partial charge in [0.05, 0.1) is 6.61 Å². The number of hydrogen-bond acceptors (Lipinski definition) is 9. The quantitative estimate of drug-likeness (QED) is 0.247. The first-order chi connectivity index (χ1) is 20.2. The van der Waals surface area contributed by atoms with Crippen LogP contribution in [0.15, 0.2) is 24.3 Å². The standard InChI is InChI=1S/C32H48N4O6/c1-20(2)26-24(30(35-34-26)42-31-29(40)28(39)27(38)25(18-37)41-31)17-23-8-7-22(16-21(23)3)6-4-5-13-36-14-10-32(11-15-36)9-12-33-19-32/h4,6-8,16,20,25,27-29,31,33,37-40H,5,9-15,17-19H2,1-3H3,(H,34,35). The molecule has 10 heteroatoms. The maximum Gasteiger partial charge on any atom is 0.238 e. The number of aromatic nitrogens is 2. The first-order valence-corrected chi connectivity index (χ1v) is 15.4. The van der Waals surface area contributed by atoms with Crippen LogP contribution in [0.3, 0.4) is 0 Å². The number of likely N-dealkylation sites (tertiary alicyclic amines) is 1. The van der Waals surface area contributed by atoms with Crippen LogP contribution in [0.4, 0.5) is 0 Å². The lowest BCUT2D eigenvalue weighted by atomic mass is 9.78. The van der Waals surface area contributed by atoms with Gasteiger partial charge >= 0.3 is 0 Å². The monoisotopic (exact) mass is 584 g/mol. The lowest BCUT2D eigenvalue weighted by molar-refractivity contribution is -0.278. The largest absolute Gasteiger partial charge is 0.443 e. The Bertz CT molecular complexity index is 1200. The van der Waals surface area contributed by atoms with Gasteiger partial charge in [-0.2, -0.15) is 0 Å². The Morgan fingerprint density at radius 3 is 2.60 bits per heavy atom. The molecule has 3 fully saturated rings. The first kappa shape index (κ1) is 31.1. The third-order valence-corrected chi connectivity index (χ3v) is 9.42. The number of hydrogen-bond donors (Lipinski definition) is 6. The van der Waals surface area contributed by atoms with Gasteiger partial charge in [-0.1, -0.05) is 44.2 Å². The summed E-state index contributed by atoms with van der Waals surface area (Å²) < 4.78 is 11.5. The molecule has 10 nitrogen and oxygen atoms in total. The number of rotatable bonds is 10. The van der Waals surface area contributed by atoms with Crippen molar-refractivity contribution in [2.45, 2.75) is 89.5 Å². The zero-order chi connectivity index (χ0) is 29.9. The molecule has 0 aliphatic carbocycles. The van der Waals surface area contributed by atoms with E-state index in [-0.39, 0.29) is 11.8 Å².